The summed E-state index contributed by atoms with van der Waals surface area (Å²) in [6.07, 6.45) is 0. The molecule has 8 heteroatoms. The highest BCUT2D eigenvalue weighted by molar-refractivity contribution is 5.43. The van der Waals surface area contributed by atoms with Gasteiger partial charge in [-0.1, -0.05) is 7.43 Å². The lowest BCUT2D eigenvalue weighted by Crippen LogP contribution is -2.28. The van der Waals surface area contributed by atoms with E-state index in [4.69, 9.17) is 20.4 Å². The fraction of sp³-hybridized carbons (Fsp3) is 0.111. The first-order valence-corrected chi connectivity index (χ1v) is 3.71. The molecule has 4 N–H and O–H groups in total. The zero-order valence-corrected chi connectivity index (χ0v) is 7.42. The Bertz CT molecular complexity index is 558. The van der Waals surface area contributed by atoms with E-state index in [2.05, 4.69) is 0 Å². The molecule has 0 aliphatic carbocycles. The Morgan fingerprint density at radius 1 is 0.471 bits per heavy atom. The minimum atomic E-state index is -1.01. The fourth-order valence-corrected chi connectivity index (χ4v) is 0.735. The van der Waals surface area contributed by atoms with Crippen molar-refractivity contribution >= 4 is 0 Å². The van der Waals surface area contributed by atoms with Crippen molar-refractivity contribution < 1.29 is 20.4 Å². The van der Waals surface area contributed by atoms with E-state index < -0.39 is 44.7 Å². The van der Waals surface area contributed by atoms with Crippen LogP contribution in [0.3, 0.4) is 0 Å². The van der Waals surface area contributed by atoms with Crippen LogP contribution in [0.1, 0.15) is 7.43 Å². The third-order valence-corrected chi connectivity index (χ3v) is 1.72. The van der Waals surface area contributed by atoms with Crippen molar-refractivity contribution in [3.05, 3.63) is 40.9 Å². The van der Waals surface area contributed by atoms with Crippen LogP contribution >= 0.6 is 0 Å². The summed E-state index contributed by atoms with van der Waals surface area (Å²) in [4.78, 5) is 39.8. The van der Waals surface area contributed by atoms with Gasteiger partial charge in [-0.2, -0.15) is 0 Å². The van der Waals surface area contributed by atoms with Crippen molar-refractivity contribution in [1.82, 2.24) is 0 Å². The van der Waals surface area contributed by atoms with Crippen LogP contribution in [0.15, 0.2) is 19.2 Å². The van der Waals surface area contributed by atoms with Gasteiger partial charge < -0.3 is 20.4 Å². The topological polar surface area (TPSA) is 149 Å². The Balaban J connectivity index is 0.000000284. The van der Waals surface area contributed by atoms with Crippen LogP contribution in [-0.2, 0) is 0 Å². The van der Waals surface area contributed by atoms with Crippen molar-refractivity contribution in [3.8, 4) is 23.0 Å². The van der Waals surface area contributed by atoms with Crippen LogP contribution < -0.4 is 21.7 Å². The molecule has 0 aliphatic heterocycles. The predicted octanol–water partition coefficient (Wildman–Crippen LogP) is -1.98. The predicted molar refractivity (Wildman–Crippen MR) is 56.1 cm³/mol. The zero-order valence-electron chi connectivity index (χ0n) is 7.42. The Hall–Kier alpha value is -2.64. The molecule has 0 radical (unpaired) electrons. The van der Waals surface area contributed by atoms with Crippen molar-refractivity contribution in [3.63, 3.8) is 0 Å². The molecule has 0 saturated carbocycles. The average Bonchev–Trinajstić information content (AvgIpc) is 2.34. The first-order valence-electron chi connectivity index (χ1n) is 3.71. The maximum atomic E-state index is 9.95. The maximum Gasteiger partial charge on any atom is 0.275 e. The quantitative estimate of drug-likeness (QED) is 0.389. The number of rotatable bonds is 0. The minimum absolute atomic E-state index is 0. The van der Waals surface area contributed by atoms with Crippen LogP contribution in [0.5, 0.6) is 23.0 Å². The van der Waals surface area contributed by atoms with E-state index in [9.17, 15) is 19.2 Å². The summed E-state index contributed by atoms with van der Waals surface area (Å²) in [5.41, 5.74) is -4.05. The second-order valence-corrected chi connectivity index (χ2v) is 2.71. The number of hydrogen-bond donors (Lipinski definition) is 4. The first-order chi connectivity index (χ1) is 7.29. The molecule has 0 saturated heterocycles. The fourth-order valence-electron chi connectivity index (χ4n) is 0.735. The van der Waals surface area contributed by atoms with Gasteiger partial charge in [0.05, 0.1) is 0 Å². The lowest BCUT2D eigenvalue weighted by molar-refractivity contribution is 0.384. The lowest BCUT2D eigenvalue weighted by atomic mass is 10.2. The van der Waals surface area contributed by atoms with Crippen molar-refractivity contribution in [2.45, 2.75) is 7.43 Å². The second-order valence-electron chi connectivity index (χ2n) is 2.71. The zero-order chi connectivity index (χ0) is 12.6. The summed E-state index contributed by atoms with van der Waals surface area (Å²) in [7, 11) is 0. The summed E-state index contributed by atoms with van der Waals surface area (Å²) in [6.45, 7) is 0. The summed E-state index contributed by atoms with van der Waals surface area (Å²) in [5, 5.41) is 32.9. The normalized spacial score (nSPS) is 9.41. The van der Waals surface area contributed by atoms with Crippen LogP contribution in [0.4, 0.5) is 0 Å². The Kier molecular flexibility index (Phi) is 3.78. The Labute approximate surface area is 92.6 Å². The van der Waals surface area contributed by atoms with E-state index in [-0.39, 0.29) is 7.43 Å². The molecular formula is C9H8O8. The van der Waals surface area contributed by atoms with E-state index in [0.717, 1.165) is 0 Å². The number of hydrogen-bond acceptors (Lipinski definition) is 8. The van der Waals surface area contributed by atoms with Gasteiger partial charge in [0.15, 0.2) is 0 Å². The molecule has 0 heterocycles. The monoisotopic (exact) mass is 244 g/mol. The Morgan fingerprint density at radius 2 is 0.588 bits per heavy atom. The van der Waals surface area contributed by atoms with Gasteiger partial charge in [-0.15, -0.1) is 0 Å². The molecule has 2 aromatic rings. The van der Waals surface area contributed by atoms with Crippen LogP contribution in [-0.4, -0.2) is 20.4 Å². The minimum Gasteiger partial charge on any atom is -0.501 e. The van der Waals surface area contributed by atoms with Gasteiger partial charge in [0.25, 0.3) is 21.7 Å². The van der Waals surface area contributed by atoms with E-state index in [1.54, 1.807) is 0 Å². The average molecular weight is 244 g/mol. The van der Waals surface area contributed by atoms with Gasteiger partial charge in [0.1, 0.15) is 0 Å². The lowest BCUT2D eigenvalue weighted by Gasteiger charge is -1.92. The maximum absolute atomic E-state index is 9.95. The standard InChI is InChI=1S/2C4H2O4.CH4/c2*5-1-2(6)4(8)3(1)7;/h2*5-6H;1H4. The van der Waals surface area contributed by atoms with Crippen LogP contribution in [0.25, 0.3) is 0 Å². The van der Waals surface area contributed by atoms with Crippen LogP contribution in [0, 0.1) is 0 Å². The molecule has 0 fully saturated rings. The van der Waals surface area contributed by atoms with Crippen molar-refractivity contribution in [2.24, 2.45) is 0 Å². The molecule has 0 spiro atoms. The van der Waals surface area contributed by atoms with Gasteiger partial charge in [-0.25, -0.2) is 0 Å². The molecule has 0 amide bonds. The van der Waals surface area contributed by atoms with Crippen molar-refractivity contribution in [2.75, 3.05) is 0 Å². The molecule has 2 aromatic carbocycles. The highest BCUT2D eigenvalue weighted by atomic mass is 16.3. The van der Waals surface area contributed by atoms with Gasteiger partial charge >= 0.3 is 0 Å². The third-order valence-electron chi connectivity index (χ3n) is 1.72. The summed E-state index contributed by atoms with van der Waals surface area (Å²) in [5.74, 6) is -3.30. The van der Waals surface area contributed by atoms with Gasteiger partial charge in [0, 0.05) is 0 Å². The first kappa shape index (κ1) is 14.4. The van der Waals surface area contributed by atoms with E-state index in [0.29, 0.717) is 0 Å². The summed E-state index contributed by atoms with van der Waals surface area (Å²) in [6, 6.07) is 0. The Morgan fingerprint density at radius 3 is 0.647 bits per heavy atom. The summed E-state index contributed by atoms with van der Waals surface area (Å²) < 4.78 is 0. The summed E-state index contributed by atoms with van der Waals surface area (Å²) >= 11 is 0. The van der Waals surface area contributed by atoms with E-state index in [1.165, 1.54) is 0 Å². The smallest absolute Gasteiger partial charge is 0.275 e. The van der Waals surface area contributed by atoms with Crippen LogP contribution in [0.2, 0.25) is 0 Å². The largest absolute Gasteiger partial charge is 0.501 e. The SMILES string of the molecule is C.O=c1c(O)c(O)c1=O.O=c1c(O)c(O)c1=O. The molecule has 92 valence electrons. The molecule has 0 unspecified atom stereocenters. The third kappa shape index (κ3) is 2.00. The highest BCUT2D eigenvalue weighted by Crippen LogP contribution is 2.14. The van der Waals surface area contributed by atoms with E-state index >= 15 is 0 Å². The van der Waals surface area contributed by atoms with Crippen molar-refractivity contribution in [1.29, 1.82) is 0 Å². The van der Waals surface area contributed by atoms with Gasteiger partial charge in [-0.05, 0) is 0 Å². The molecule has 17 heavy (non-hydrogen) atoms. The highest BCUT2D eigenvalue weighted by Gasteiger charge is 2.18. The molecule has 0 aromatic heterocycles. The number of aromatic hydroxyl groups is 4. The molecular weight excluding hydrogens is 236 g/mol. The second kappa shape index (κ2) is 4.47. The van der Waals surface area contributed by atoms with E-state index in [1.807, 2.05) is 0 Å². The molecule has 2 rings (SSSR count). The molecule has 8 nitrogen and oxygen atoms in total. The molecule has 0 aliphatic rings. The molecule has 0 bridgehead atoms. The van der Waals surface area contributed by atoms with Gasteiger partial charge in [-0.3, -0.25) is 19.2 Å². The van der Waals surface area contributed by atoms with Gasteiger partial charge in [0.2, 0.25) is 23.0 Å². The molecule has 0 atom stereocenters.